The summed E-state index contributed by atoms with van der Waals surface area (Å²) in [7, 11) is 0. The maximum atomic E-state index is 12.3. The summed E-state index contributed by atoms with van der Waals surface area (Å²) in [4.78, 5) is 22.4. The van der Waals surface area contributed by atoms with E-state index in [1.807, 2.05) is 19.1 Å². The molecule has 0 atom stereocenters. The maximum absolute atomic E-state index is 12.3. The predicted octanol–water partition coefficient (Wildman–Crippen LogP) is 2.39. The third-order valence-corrected chi connectivity index (χ3v) is 4.14. The summed E-state index contributed by atoms with van der Waals surface area (Å²) in [5, 5.41) is 0. The number of rotatable bonds is 5. The second kappa shape index (κ2) is 6.87. The van der Waals surface area contributed by atoms with E-state index in [9.17, 15) is 4.79 Å². The molecule has 3 rings (SSSR count). The van der Waals surface area contributed by atoms with E-state index in [0.29, 0.717) is 25.3 Å². The van der Waals surface area contributed by atoms with Gasteiger partial charge in [0.15, 0.2) is 0 Å². The molecule has 2 aromatic rings. The van der Waals surface area contributed by atoms with Gasteiger partial charge >= 0.3 is 0 Å². The number of ether oxygens (including phenoxy) is 1. The zero-order valence-corrected chi connectivity index (χ0v) is 13.5. The Morgan fingerprint density at radius 3 is 2.61 bits per heavy atom. The predicted molar refractivity (Wildman–Crippen MR) is 87.1 cm³/mol. The van der Waals surface area contributed by atoms with E-state index in [1.165, 1.54) is 11.1 Å². The monoisotopic (exact) mass is 311 g/mol. The molecule has 1 saturated heterocycles. The van der Waals surface area contributed by atoms with E-state index in [1.54, 1.807) is 17.3 Å². The lowest BCUT2D eigenvalue weighted by atomic mass is 10.1. The van der Waals surface area contributed by atoms with E-state index < -0.39 is 0 Å². The SMILES string of the molecule is CCc1ncc(C(=O)N2CC(OCc3ccccc3C)C2)cn1. The maximum Gasteiger partial charge on any atom is 0.257 e. The van der Waals surface area contributed by atoms with Gasteiger partial charge in [-0.15, -0.1) is 0 Å². The van der Waals surface area contributed by atoms with Gasteiger partial charge in [0.05, 0.1) is 18.3 Å². The van der Waals surface area contributed by atoms with Crippen molar-refractivity contribution in [2.45, 2.75) is 33.0 Å². The fourth-order valence-corrected chi connectivity index (χ4v) is 2.52. The van der Waals surface area contributed by atoms with Crippen LogP contribution in [0.3, 0.4) is 0 Å². The van der Waals surface area contributed by atoms with Crippen molar-refractivity contribution >= 4 is 5.91 Å². The number of benzene rings is 1. The lowest BCUT2D eigenvalue weighted by Gasteiger charge is -2.38. The number of nitrogens with zero attached hydrogens (tertiary/aromatic N) is 3. The van der Waals surface area contributed by atoms with Gasteiger partial charge < -0.3 is 9.64 Å². The summed E-state index contributed by atoms with van der Waals surface area (Å²) in [5.41, 5.74) is 2.97. The quantitative estimate of drug-likeness (QED) is 0.851. The lowest BCUT2D eigenvalue weighted by molar-refractivity contribution is -0.0504. The number of amides is 1. The highest BCUT2D eigenvalue weighted by Crippen LogP contribution is 2.18. The van der Waals surface area contributed by atoms with E-state index in [2.05, 4.69) is 29.0 Å². The molecule has 0 spiro atoms. The van der Waals surface area contributed by atoms with Crippen LogP contribution in [0.4, 0.5) is 0 Å². The Morgan fingerprint density at radius 1 is 1.26 bits per heavy atom. The first-order chi connectivity index (χ1) is 11.2. The van der Waals surface area contributed by atoms with Crippen molar-refractivity contribution in [2.24, 2.45) is 0 Å². The highest BCUT2D eigenvalue weighted by Gasteiger charge is 2.32. The molecule has 0 aliphatic carbocycles. The van der Waals surface area contributed by atoms with Gasteiger partial charge in [0.2, 0.25) is 0 Å². The number of carbonyl (C=O) groups excluding carboxylic acids is 1. The second-order valence-electron chi connectivity index (χ2n) is 5.81. The summed E-state index contributed by atoms with van der Waals surface area (Å²) in [6, 6.07) is 8.19. The Balaban J connectivity index is 1.48. The number of aromatic nitrogens is 2. The highest BCUT2D eigenvalue weighted by molar-refractivity contribution is 5.94. The van der Waals surface area contributed by atoms with Crippen LogP contribution in [0, 0.1) is 6.92 Å². The standard InChI is InChI=1S/C18H21N3O2/c1-3-17-19-8-15(9-20-17)18(22)21-10-16(11-21)23-12-14-7-5-4-6-13(14)2/h4-9,16H,3,10-12H2,1-2H3. The van der Waals surface area contributed by atoms with E-state index in [4.69, 9.17) is 4.74 Å². The van der Waals surface area contributed by atoms with Crippen molar-refractivity contribution in [3.05, 3.63) is 59.2 Å². The van der Waals surface area contributed by atoms with Crippen molar-refractivity contribution in [1.29, 1.82) is 0 Å². The zero-order chi connectivity index (χ0) is 16.2. The van der Waals surface area contributed by atoms with Crippen molar-refractivity contribution in [3.8, 4) is 0 Å². The van der Waals surface area contributed by atoms with Crippen molar-refractivity contribution in [1.82, 2.24) is 14.9 Å². The lowest BCUT2D eigenvalue weighted by Crippen LogP contribution is -2.54. The largest absolute Gasteiger partial charge is 0.370 e. The van der Waals surface area contributed by atoms with Gasteiger partial charge in [-0.1, -0.05) is 31.2 Å². The highest BCUT2D eigenvalue weighted by atomic mass is 16.5. The van der Waals surface area contributed by atoms with Crippen LogP contribution < -0.4 is 0 Å². The molecule has 0 unspecified atom stereocenters. The van der Waals surface area contributed by atoms with Crippen LogP contribution in [0.5, 0.6) is 0 Å². The molecular formula is C18H21N3O2. The molecular weight excluding hydrogens is 290 g/mol. The molecule has 0 N–H and O–H groups in total. The summed E-state index contributed by atoms with van der Waals surface area (Å²) in [6.07, 6.45) is 4.09. The number of carbonyl (C=O) groups is 1. The summed E-state index contributed by atoms with van der Waals surface area (Å²) < 4.78 is 5.87. The third kappa shape index (κ3) is 3.56. The molecule has 120 valence electrons. The van der Waals surface area contributed by atoms with Crippen LogP contribution in [0.25, 0.3) is 0 Å². The van der Waals surface area contributed by atoms with Crippen LogP contribution in [-0.2, 0) is 17.8 Å². The van der Waals surface area contributed by atoms with Gasteiger partial charge in [0, 0.05) is 31.9 Å². The molecule has 5 nitrogen and oxygen atoms in total. The van der Waals surface area contributed by atoms with Crippen molar-refractivity contribution in [2.75, 3.05) is 13.1 Å². The van der Waals surface area contributed by atoms with Gasteiger partial charge in [-0.3, -0.25) is 4.79 Å². The Bertz CT molecular complexity index is 679. The molecule has 5 heteroatoms. The van der Waals surface area contributed by atoms with E-state index in [-0.39, 0.29) is 12.0 Å². The summed E-state index contributed by atoms with van der Waals surface area (Å²) in [6.45, 7) is 5.91. The van der Waals surface area contributed by atoms with Gasteiger partial charge in [-0.05, 0) is 18.1 Å². The summed E-state index contributed by atoms with van der Waals surface area (Å²) in [5.74, 6) is 0.730. The molecule has 23 heavy (non-hydrogen) atoms. The topological polar surface area (TPSA) is 55.3 Å². The van der Waals surface area contributed by atoms with E-state index >= 15 is 0 Å². The number of hydrogen-bond donors (Lipinski definition) is 0. The Labute approximate surface area is 136 Å². The molecule has 2 heterocycles. The first-order valence-corrected chi connectivity index (χ1v) is 7.93. The average Bonchev–Trinajstić information content (AvgIpc) is 2.55. The normalized spacial score (nSPS) is 14.6. The van der Waals surface area contributed by atoms with Crippen LogP contribution in [0.15, 0.2) is 36.7 Å². The number of hydrogen-bond acceptors (Lipinski definition) is 4. The molecule has 0 saturated carbocycles. The molecule has 1 aromatic carbocycles. The van der Waals surface area contributed by atoms with Gasteiger partial charge in [0.1, 0.15) is 5.82 Å². The Hall–Kier alpha value is -2.27. The molecule has 1 aliphatic rings. The minimum absolute atomic E-state index is 0.0246. The van der Waals surface area contributed by atoms with Crippen LogP contribution in [0.1, 0.15) is 34.2 Å². The van der Waals surface area contributed by atoms with Crippen LogP contribution in [0.2, 0.25) is 0 Å². The molecule has 1 amide bonds. The molecule has 1 aliphatic heterocycles. The number of likely N-dealkylation sites (tertiary alicyclic amines) is 1. The minimum atomic E-state index is -0.0246. The van der Waals surface area contributed by atoms with Gasteiger partial charge in [-0.2, -0.15) is 0 Å². The van der Waals surface area contributed by atoms with Gasteiger partial charge in [-0.25, -0.2) is 9.97 Å². The van der Waals surface area contributed by atoms with Gasteiger partial charge in [0.25, 0.3) is 5.91 Å². The molecule has 1 fully saturated rings. The van der Waals surface area contributed by atoms with Crippen molar-refractivity contribution < 1.29 is 9.53 Å². The third-order valence-electron chi connectivity index (χ3n) is 4.14. The molecule has 0 radical (unpaired) electrons. The average molecular weight is 311 g/mol. The number of aryl methyl sites for hydroxylation is 2. The minimum Gasteiger partial charge on any atom is -0.370 e. The van der Waals surface area contributed by atoms with Crippen LogP contribution in [-0.4, -0.2) is 40.0 Å². The van der Waals surface area contributed by atoms with Crippen molar-refractivity contribution in [3.63, 3.8) is 0 Å². The Morgan fingerprint density at radius 2 is 1.96 bits per heavy atom. The molecule has 1 aromatic heterocycles. The zero-order valence-electron chi connectivity index (χ0n) is 13.5. The Kier molecular flexibility index (Phi) is 4.67. The second-order valence-corrected chi connectivity index (χ2v) is 5.81. The smallest absolute Gasteiger partial charge is 0.257 e. The summed E-state index contributed by atoms with van der Waals surface area (Å²) >= 11 is 0. The van der Waals surface area contributed by atoms with E-state index in [0.717, 1.165) is 12.2 Å². The fraction of sp³-hybridized carbons (Fsp3) is 0.389. The van der Waals surface area contributed by atoms with Crippen LogP contribution >= 0.6 is 0 Å². The first-order valence-electron chi connectivity index (χ1n) is 7.93. The molecule has 0 bridgehead atoms. The first kappa shape index (κ1) is 15.6. The fourth-order valence-electron chi connectivity index (χ4n) is 2.52.